The fraction of sp³-hybridized carbons (Fsp3) is 0.222. The second kappa shape index (κ2) is 10.4. The zero-order chi connectivity index (χ0) is 25.8. The van der Waals surface area contributed by atoms with Gasteiger partial charge < -0.3 is 29.0 Å². The van der Waals surface area contributed by atoms with Crippen LogP contribution in [0, 0.1) is 0 Å². The summed E-state index contributed by atoms with van der Waals surface area (Å²) in [5, 5.41) is 11.3. The zero-order valence-electron chi connectivity index (χ0n) is 20.3. The monoisotopic (exact) mass is 490 g/mol. The third kappa shape index (κ3) is 4.43. The van der Waals surface area contributed by atoms with Gasteiger partial charge in [-0.2, -0.15) is 0 Å². The number of hydrogen-bond donors (Lipinski definition) is 1. The van der Waals surface area contributed by atoms with Crippen LogP contribution in [0.3, 0.4) is 0 Å². The molecule has 9 heteroatoms. The van der Waals surface area contributed by atoms with Crippen molar-refractivity contribution < 1.29 is 33.6 Å². The van der Waals surface area contributed by atoms with Gasteiger partial charge in [0.2, 0.25) is 5.75 Å². The number of aliphatic hydroxyl groups is 1. The first-order valence-electron chi connectivity index (χ1n) is 11.0. The minimum absolute atomic E-state index is 0.0635. The van der Waals surface area contributed by atoms with E-state index in [4.69, 9.17) is 18.9 Å². The molecule has 36 heavy (non-hydrogen) atoms. The van der Waals surface area contributed by atoms with Crippen LogP contribution in [0.2, 0.25) is 0 Å². The molecule has 3 aromatic rings. The molecule has 4 rings (SSSR count). The number of benzene rings is 2. The van der Waals surface area contributed by atoms with E-state index in [1.54, 1.807) is 60.9 Å². The van der Waals surface area contributed by atoms with Gasteiger partial charge in [-0.15, -0.1) is 0 Å². The van der Waals surface area contributed by atoms with E-state index < -0.39 is 17.7 Å². The molecule has 1 amide bonds. The van der Waals surface area contributed by atoms with Gasteiger partial charge in [-0.05, 0) is 41.5 Å². The van der Waals surface area contributed by atoms with E-state index in [-0.39, 0.29) is 17.9 Å². The highest BCUT2D eigenvalue weighted by molar-refractivity contribution is 6.46. The van der Waals surface area contributed by atoms with Gasteiger partial charge in [0.25, 0.3) is 11.7 Å². The molecule has 0 aliphatic carbocycles. The second-order valence-electron chi connectivity index (χ2n) is 7.98. The van der Waals surface area contributed by atoms with Crippen molar-refractivity contribution in [1.82, 2.24) is 9.88 Å². The molecule has 2 heterocycles. The van der Waals surface area contributed by atoms with Gasteiger partial charge in [0.1, 0.15) is 11.5 Å². The van der Waals surface area contributed by atoms with Gasteiger partial charge in [-0.1, -0.05) is 18.2 Å². The summed E-state index contributed by atoms with van der Waals surface area (Å²) < 4.78 is 21.7. The highest BCUT2D eigenvalue weighted by atomic mass is 16.5. The van der Waals surface area contributed by atoms with Crippen LogP contribution in [0.4, 0.5) is 0 Å². The van der Waals surface area contributed by atoms with E-state index in [0.717, 1.165) is 5.56 Å². The average Bonchev–Trinajstić information content (AvgIpc) is 3.17. The molecule has 0 radical (unpaired) electrons. The van der Waals surface area contributed by atoms with Crippen molar-refractivity contribution in [3.05, 3.63) is 83.2 Å². The molecule has 186 valence electrons. The number of methoxy groups -OCH3 is 4. The predicted molar refractivity (Wildman–Crippen MR) is 131 cm³/mol. The molecule has 1 N–H and O–H groups in total. The number of carbonyl (C=O) groups excluding carboxylic acids is 2. The number of Topliss-reactive ketones (excluding diaryl/α,β-unsaturated/α-hetero) is 1. The van der Waals surface area contributed by atoms with E-state index >= 15 is 0 Å². The van der Waals surface area contributed by atoms with Crippen LogP contribution in [0.25, 0.3) is 5.76 Å². The molecular formula is C27H26N2O7. The lowest BCUT2D eigenvalue weighted by Crippen LogP contribution is -2.29. The Morgan fingerprint density at radius 1 is 0.944 bits per heavy atom. The number of hydrogen-bond acceptors (Lipinski definition) is 8. The molecule has 9 nitrogen and oxygen atoms in total. The summed E-state index contributed by atoms with van der Waals surface area (Å²) >= 11 is 0. The van der Waals surface area contributed by atoms with Crippen LogP contribution >= 0.6 is 0 Å². The van der Waals surface area contributed by atoms with Crippen molar-refractivity contribution in [2.75, 3.05) is 28.4 Å². The van der Waals surface area contributed by atoms with E-state index in [0.29, 0.717) is 34.1 Å². The third-order valence-electron chi connectivity index (χ3n) is 5.96. The predicted octanol–water partition coefficient (Wildman–Crippen LogP) is 3.74. The number of ketones is 1. The minimum atomic E-state index is -0.940. The Hall–Kier alpha value is -4.53. The molecule has 1 saturated heterocycles. The van der Waals surface area contributed by atoms with Crippen LogP contribution in [0.1, 0.15) is 22.7 Å². The fourth-order valence-electron chi connectivity index (χ4n) is 4.26. The molecule has 0 bridgehead atoms. The SMILES string of the molecule is COc1cccc(C(O)=C2C(=O)C(=O)N(Cc3cccnc3)C2c2cc(OC)c(OC)c(OC)c2)c1. The quantitative estimate of drug-likeness (QED) is 0.289. The van der Waals surface area contributed by atoms with Crippen LogP contribution < -0.4 is 18.9 Å². The molecule has 0 spiro atoms. The lowest BCUT2D eigenvalue weighted by atomic mass is 9.94. The number of likely N-dealkylation sites (tertiary alicyclic amines) is 1. The standard InChI is InChI=1S/C27H26N2O7/c1-33-19-9-5-8-17(11-19)24(30)22-23(18-12-20(34-2)26(36-4)21(13-18)35-3)29(27(32)25(22)31)15-16-7-6-10-28-14-16/h5-14,23,30H,15H2,1-4H3. The number of carbonyl (C=O) groups is 2. The van der Waals surface area contributed by atoms with Gasteiger partial charge in [-0.25, -0.2) is 0 Å². The second-order valence-corrected chi connectivity index (χ2v) is 7.98. The number of rotatable bonds is 8. The topological polar surface area (TPSA) is 107 Å². The lowest BCUT2D eigenvalue weighted by molar-refractivity contribution is -0.140. The van der Waals surface area contributed by atoms with Crippen LogP contribution in [0.15, 0.2) is 66.5 Å². The summed E-state index contributed by atoms with van der Waals surface area (Å²) in [7, 11) is 5.94. The highest BCUT2D eigenvalue weighted by Crippen LogP contribution is 2.46. The van der Waals surface area contributed by atoms with Crippen LogP contribution in [-0.4, -0.2) is 55.1 Å². The summed E-state index contributed by atoms with van der Waals surface area (Å²) in [6.07, 6.45) is 3.24. The Kier molecular flexibility index (Phi) is 7.10. The van der Waals surface area contributed by atoms with E-state index in [1.165, 1.54) is 33.3 Å². The molecule has 1 fully saturated rings. The van der Waals surface area contributed by atoms with E-state index in [2.05, 4.69) is 4.98 Å². The van der Waals surface area contributed by atoms with Crippen molar-refractivity contribution in [2.24, 2.45) is 0 Å². The van der Waals surface area contributed by atoms with Gasteiger partial charge in [-0.3, -0.25) is 14.6 Å². The van der Waals surface area contributed by atoms with Gasteiger partial charge in [0.15, 0.2) is 11.5 Å². The molecule has 2 aromatic carbocycles. The first-order valence-corrected chi connectivity index (χ1v) is 11.0. The average molecular weight is 491 g/mol. The molecule has 1 aliphatic rings. The lowest BCUT2D eigenvalue weighted by Gasteiger charge is -2.26. The number of aromatic nitrogens is 1. The Morgan fingerprint density at radius 3 is 2.25 bits per heavy atom. The minimum Gasteiger partial charge on any atom is -0.507 e. The molecular weight excluding hydrogens is 464 g/mol. The smallest absolute Gasteiger partial charge is 0.295 e. The number of ether oxygens (including phenoxy) is 4. The fourth-order valence-corrected chi connectivity index (χ4v) is 4.26. The largest absolute Gasteiger partial charge is 0.507 e. The third-order valence-corrected chi connectivity index (χ3v) is 5.96. The summed E-state index contributed by atoms with van der Waals surface area (Å²) in [4.78, 5) is 32.1. The molecule has 1 aliphatic heterocycles. The van der Waals surface area contributed by atoms with Crippen LogP contribution in [-0.2, 0) is 16.1 Å². The summed E-state index contributed by atoms with van der Waals surface area (Å²) in [6, 6.07) is 12.6. The normalized spacial score (nSPS) is 16.7. The van der Waals surface area contributed by atoms with Crippen LogP contribution in [0.5, 0.6) is 23.0 Å². The first kappa shape index (κ1) is 24.6. The van der Waals surface area contributed by atoms with E-state index in [1.807, 2.05) is 0 Å². The summed E-state index contributed by atoms with van der Waals surface area (Å²) in [6.45, 7) is 0.0919. The van der Waals surface area contributed by atoms with Crippen molar-refractivity contribution in [3.8, 4) is 23.0 Å². The first-order chi connectivity index (χ1) is 17.4. The maximum Gasteiger partial charge on any atom is 0.295 e. The van der Waals surface area contributed by atoms with Gasteiger partial charge in [0.05, 0.1) is 40.1 Å². The van der Waals surface area contributed by atoms with Crippen molar-refractivity contribution in [2.45, 2.75) is 12.6 Å². The molecule has 1 aromatic heterocycles. The zero-order valence-corrected chi connectivity index (χ0v) is 20.3. The Labute approximate surface area is 208 Å². The maximum atomic E-state index is 13.3. The highest BCUT2D eigenvalue weighted by Gasteiger charge is 2.46. The molecule has 0 saturated carbocycles. The molecule has 1 atom stereocenters. The summed E-state index contributed by atoms with van der Waals surface area (Å²) in [5.41, 5.74) is 1.49. The molecule has 1 unspecified atom stereocenters. The maximum absolute atomic E-state index is 13.3. The van der Waals surface area contributed by atoms with Gasteiger partial charge in [0, 0.05) is 24.5 Å². The van der Waals surface area contributed by atoms with Crippen molar-refractivity contribution >= 4 is 17.4 Å². The Bertz CT molecular complexity index is 1300. The number of aliphatic hydroxyl groups excluding tert-OH is 1. The Balaban J connectivity index is 1.95. The Morgan fingerprint density at radius 2 is 1.67 bits per heavy atom. The number of amides is 1. The summed E-state index contributed by atoms with van der Waals surface area (Å²) in [5.74, 6) is -0.325. The number of pyridine rings is 1. The van der Waals surface area contributed by atoms with Gasteiger partial charge >= 0.3 is 0 Å². The van der Waals surface area contributed by atoms with Crippen molar-refractivity contribution in [3.63, 3.8) is 0 Å². The van der Waals surface area contributed by atoms with E-state index in [9.17, 15) is 14.7 Å². The van der Waals surface area contributed by atoms with Crippen molar-refractivity contribution in [1.29, 1.82) is 0 Å². The number of nitrogens with zero attached hydrogens (tertiary/aromatic N) is 2.